The van der Waals surface area contributed by atoms with Gasteiger partial charge in [0.05, 0.1) is 29.6 Å². The number of nitrogens with one attached hydrogen (secondary N) is 2. The molecule has 0 aromatic heterocycles. The molecule has 1 heterocycles. The number of halogens is 1. The predicted octanol–water partition coefficient (Wildman–Crippen LogP) is 3.25. The van der Waals surface area contributed by atoms with E-state index in [1.165, 1.54) is 6.92 Å². The lowest BCUT2D eigenvalue weighted by Gasteiger charge is -2.33. The van der Waals surface area contributed by atoms with Crippen molar-refractivity contribution >= 4 is 33.7 Å². The van der Waals surface area contributed by atoms with Crippen LogP contribution < -0.4 is 20.1 Å². The Bertz CT molecular complexity index is 825. The van der Waals surface area contributed by atoms with Gasteiger partial charge in [0.25, 0.3) is 0 Å². The summed E-state index contributed by atoms with van der Waals surface area (Å²) in [5.74, 6) is -0.579. The van der Waals surface area contributed by atoms with Gasteiger partial charge >= 0.3 is 12.0 Å². The van der Waals surface area contributed by atoms with E-state index in [4.69, 9.17) is 14.2 Å². The molecule has 1 aromatic carbocycles. The highest BCUT2D eigenvalue weighted by Crippen LogP contribution is 2.41. The number of ketones is 1. The summed E-state index contributed by atoms with van der Waals surface area (Å²) in [6.45, 7) is 11.0. The fourth-order valence-electron chi connectivity index (χ4n) is 3.07. The van der Waals surface area contributed by atoms with Crippen molar-refractivity contribution in [3.8, 4) is 11.5 Å². The molecule has 1 aliphatic heterocycles. The van der Waals surface area contributed by atoms with Gasteiger partial charge in [-0.25, -0.2) is 9.59 Å². The van der Waals surface area contributed by atoms with Gasteiger partial charge < -0.3 is 24.8 Å². The molecule has 29 heavy (non-hydrogen) atoms. The molecule has 2 N–H and O–H groups in total. The fraction of sp³-hybridized carbons (Fsp3) is 0.450. The summed E-state index contributed by atoms with van der Waals surface area (Å²) in [5, 5.41) is 5.31. The highest BCUT2D eigenvalue weighted by molar-refractivity contribution is 9.10. The summed E-state index contributed by atoms with van der Waals surface area (Å²) in [6.07, 6.45) is -0.848. The molecular weight excluding hydrogens is 444 g/mol. The molecule has 2 amide bonds. The van der Waals surface area contributed by atoms with Crippen molar-refractivity contribution in [2.75, 3.05) is 13.2 Å². The van der Waals surface area contributed by atoms with Crippen molar-refractivity contribution in [2.45, 2.75) is 39.8 Å². The van der Waals surface area contributed by atoms with Gasteiger partial charge in [0, 0.05) is 5.70 Å². The number of ether oxygens (including phenoxy) is 3. The van der Waals surface area contributed by atoms with Crippen LogP contribution in [-0.2, 0) is 14.3 Å². The molecule has 0 radical (unpaired) electrons. The van der Waals surface area contributed by atoms with Crippen LogP contribution in [-0.4, -0.2) is 37.1 Å². The average molecular weight is 469 g/mol. The average Bonchev–Trinajstić information content (AvgIpc) is 2.63. The van der Waals surface area contributed by atoms with E-state index >= 15 is 0 Å². The van der Waals surface area contributed by atoms with Gasteiger partial charge in [0.15, 0.2) is 17.6 Å². The van der Waals surface area contributed by atoms with Crippen LogP contribution in [0.2, 0.25) is 0 Å². The molecule has 0 spiro atoms. The number of Topliss-reactive ketones (excluding diaryl/α,β-unsaturated/α-hetero) is 1. The highest BCUT2D eigenvalue weighted by Gasteiger charge is 2.36. The van der Waals surface area contributed by atoms with Gasteiger partial charge in [-0.3, -0.25) is 4.79 Å². The highest BCUT2D eigenvalue weighted by atomic mass is 79.9. The van der Waals surface area contributed by atoms with Gasteiger partial charge in [-0.2, -0.15) is 0 Å². The van der Waals surface area contributed by atoms with Gasteiger partial charge in [-0.15, -0.1) is 0 Å². The number of esters is 1. The largest absolute Gasteiger partial charge is 0.490 e. The van der Waals surface area contributed by atoms with Crippen molar-refractivity contribution in [1.29, 1.82) is 0 Å². The van der Waals surface area contributed by atoms with Gasteiger partial charge in [0.1, 0.15) is 5.78 Å². The molecule has 8 nitrogen and oxygen atoms in total. The molecule has 0 unspecified atom stereocenters. The first kappa shape index (κ1) is 22.7. The number of hydrogen-bond acceptors (Lipinski definition) is 6. The molecule has 1 aromatic rings. The van der Waals surface area contributed by atoms with Crippen molar-refractivity contribution in [1.82, 2.24) is 10.6 Å². The summed E-state index contributed by atoms with van der Waals surface area (Å²) in [7, 11) is 0. The number of carbonyl (C=O) groups excluding carboxylic acids is 3. The number of hydrogen-bond donors (Lipinski definition) is 2. The monoisotopic (exact) mass is 468 g/mol. The maximum atomic E-state index is 12.2. The Balaban J connectivity index is 2.44. The quantitative estimate of drug-likeness (QED) is 0.567. The lowest BCUT2D eigenvalue weighted by Crippen LogP contribution is -2.50. The summed E-state index contributed by atoms with van der Waals surface area (Å²) in [5.41, 5.74) is 0.962. The van der Waals surface area contributed by atoms with Crippen molar-refractivity contribution in [3.63, 3.8) is 0 Å². The van der Waals surface area contributed by atoms with E-state index in [2.05, 4.69) is 33.1 Å². The zero-order valence-corrected chi connectivity index (χ0v) is 18.4. The first-order valence-corrected chi connectivity index (χ1v) is 10.0. The van der Waals surface area contributed by atoms with Crippen molar-refractivity contribution in [2.24, 2.45) is 5.92 Å². The van der Waals surface area contributed by atoms with E-state index in [0.717, 1.165) is 0 Å². The maximum absolute atomic E-state index is 12.2. The summed E-state index contributed by atoms with van der Waals surface area (Å²) in [6, 6.07) is 2.33. The Morgan fingerprint density at radius 1 is 1.28 bits per heavy atom. The Morgan fingerprint density at radius 2 is 1.97 bits per heavy atom. The first-order valence-electron chi connectivity index (χ1n) is 9.25. The molecule has 0 saturated carbocycles. The molecule has 0 aliphatic carbocycles. The van der Waals surface area contributed by atoms with Gasteiger partial charge in [0.2, 0.25) is 0 Å². The molecular formula is C20H25BrN2O6. The predicted molar refractivity (Wildman–Crippen MR) is 110 cm³/mol. The molecule has 1 fully saturated rings. The standard InChI is InChI=1S/C20H25BrN2O6/c1-6-27-15-9-13(17-16(11(4)24)10(3)22-20(26)23-17)8-14(21)18(15)29-12(5)19(25)28-7-2/h8-9,12,16-17H,3,6-7H2,1-2,4-5H3,(H2,22,23,26)/t12-,16-,17-/m1/s1. The van der Waals surface area contributed by atoms with E-state index in [-0.39, 0.29) is 12.4 Å². The Morgan fingerprint density at radius 3 is 2.55 bits per heavy atom. The van der Waals surface area contributed by atoms with Crippen LogP contribution in [0.4, 0.5) is 4.79 Å². The van der Waals surface area contributed by atoms with Crippen LogP contribution in [0.3, 0.4) is 0 Å². The van der Waals surface area contributed by atoms with Crippen LogP contribution in [0.15, 0.2) is 28.9 Å². The topological polar surface area (TPSA) is 103 Å². The first-order chi connectivity index (χ1) is 13.7. The Hall–Kier alpha value is -2.55. The second kappa shape index (κ2) is 9.78. The fourth-order valence-corrected chi connectivity index (χ4v) is 3.62. The van der Waals surface area contributed by atoms with E-state index in [1.54, 1.807) is 26.0 Å². The Kier molecular flexibility index (Phi) is 7.66. The zero-order chi connectivity index (χ0) is 21.7. The number of benzene rings is 1. The van der Waals surface area contributed by atoms with E-state index in [9.17, 15) is 14.4 Å². The molecule has 0 bridgehead atoms. The van der Waals surface area contributed by atoms with E-state index in [1.807, 2.05) is 6.92 Å². The van der Waals surface area contributed by atoms with Crippen LogP contribution >= 0.6 is 15.9 Å². The van der Waals surface area contributed by atoms with Crippen LogP contribution in [0.25, 0.3) is 0 Å². The van der Waals surface area contributed by atoms with Crippen molar-refractivity contribution in [3.05, 3.63) is 34.4 Å². The molecule has 9 heteroatoms. The lowest BCUT2D eigenvalue weighted by molar-refractivity contribution is -0.150. The number of carbonyl (C=O) groups is 3. The van der Waals surface area contributed by atoms with Gasteiger partial charge in [-0.1, -0.05) is 6.58 Å². The third-order valence-electron chi connectivity index (χ3n) is 4.31. The normalized spacial score (nSPS) is 19.6. The summed E-state index contributed by atoms with van der Waals surface area (Å²) >= 11 is 3.45. The molecule has 1 saturated heterocycles. The molecule has 158 valence electrons. The smallest absolute Gasteiger partial charge is 0.347 e. The number of amides is 2. The van der Waals surface area contributed by atoms with Crippen LogP contribution in [0, 0.1) is 5.92 Å². The Labute approximate surface area is 178 Å². The number of rotatable bonds is 8. The molecule has 2 rings (SSSR count). The summed E-state index contributed by atoms with van der Waals surface area (Å²) < 4.78 is 17.0. The van der Waals surface area contributed by atoms with Gasteiger partial charge in [-0.05, 0) is 61.3 Å². The van der Waals surface area contributed by atoms with E-state index in [0.29, 0.717) is 33.8 Å². The molecule has 3 atom stereocenters. The summed E-state index contributed by atoms with van der Waals surface area (Å²) in [4.78, 5) is 36.1. The SMILES string of the molecule is C=C1NC(=O)N[C@H](c2cc(Br)c(O[C@H](C)C(=O)OCC)c(OCC)c2)[C@H]1C(C)=O. The lowest BCUT2D eigenvalue weighted by atomic mass is 9.86. The molecule has 1 aliphatic rings. The van der Waals surface area contributed by atoms with Crippen LogP contribution in [0.1, 0.15) is 39.3 Å². The second-order valence-electron chi connectivity index (χ2n) is 6.46. The second-order valence-corrected chi connectivity index (χ2v) is 7.32. The third kappa shape index (κ3) is 5.29. The minimum absolute atomic E-state index is 0.141. The van der Waals surface area contributed by atoms with Crippen LogP contribution in [0.5, 0.6) is 11.5 Å². The number of urea groups is 1. The minimum Gasteiger partial charge on any atom is -0.490 e. The zero-order valence-electron chi connectivity index (χ0n) is 16.8. The minimum atomic E-state index is -0.848. The van der Waals surface area contributed by atoms with E-state index < -0.39 is 30.1 Å². The third-order valence-corrected chi connectivity index (χ3v) is 4.90. The maximum Gasteiger partial charge on any atom is 0.347 e. The van der Waals surface area contributed by atoms with Crippen molar-refractivity contribution < 1.29 is 28.6 Å².